The second kappa shape index (κ2) is 16.7. The third-order valence-electron chi connectivity index (χ3n) is 6.89. The number of rotatable bonds is 17. The molecule has 4 N–H and O–H groups in total. The van der Waals surface area contributed by atoms with Gasteiger partial charge in [-0.25, -0.2) is 9.78 Å². The monoisotopic (exact) mass is 581 g/mol. The van der Waals surface area contributed by atoms with Gasteiger partial charge in [0.05, 0.1) is 18.9 Å². The number of unbranched alkanes of at least 4 members (excludes halogenated alkanes) is 2. The number of amides is 1. The largest absolute Gasteiger partial charge is 0.494 e. The highest BCUT2D eigenvalue weighted by Crippen LogP contribution is 2.28. The lowest BCUT2D eigenvalue weighted by atomic mass is 10.0. The smallest absolute Gasteiger partial charge is 0.326 e. The minimum absolute atomic E-state index is 0.192. The zero-order chi connectivity index (χ0) is 30.3. The molecule has 1 heterocycles. The van der Waals surface area contributed by atoms with E-state index in [2.05, 4.69) is 23.5 Å². The van der Waals surface area contributed by atoms with Crippen molar-refractivity contribution in [2.24, 2.45) is 5.73 Å². The summed E-state index contributed by atoms with van der Waals surface area (Å²) in [5.74, 6) is -0.0873. The number of aliphatic carboxylic acids is 1. The fourth-order valence-corrected chi connectivity index (χ4v) is 4.57. The molecule has 0 radical (unpaired) electrons. The molecule has 1 atom stereocenters. The molecule has 0 spiro atoms. The Morgan fingerprint density at radius 1 is 0.767 bits per heavy atom. The van der Waals surface area contributed by atoms with Crippen LogP contribution in [-0.4, -0.2) is 47.8 Å². The molecule has 3 aromatic carbocycles. The van der Waals surface area contributed by atoms with E-state index in [4.69, 9.17) is 20.2 Å². The molecule has 4 rings (SSSR count). The van der Waals surface area contributed by atoms with Crippen molar-refractivity contribution in [3.63, 3.8) is 0 Å². The van der Waals surface area contributed by atoms with Crippen molar-refractivity contribution in [2.75, 3.05) is 19.8 Å². The molecule has 0 aliphatic rings. The molecule has 0 aliphatic heterocycles. The van der Waals surface area contributed by atoms with E-state index in [9.17, 15) is 14.7 Å². The topological polar surface area (TPSA) is 124 Å². The molecule has 8 heteroatoms. The lowest BCUT2D eigenvalue weighted by molar-refractivity contribution is -0.141. The van der Waals surface area contributed by atoms with Gasteiger partial charge in [-0.15, -0.1) is 0 Å². The lowest BCUT2D eigenvalue weighted by Gasteiger charge is -2.15. The Morgan fingerprint density at radius 2 is 1.44 bits per heavy atom. The molecule has 1 amide bonds. The summed E-state index contributed by atoms with van der Waals surface area (Å²) in [6.45, 7) is 1.55. The Balaban J connectivity index is 1.22. The van der Waals surface area contributed by atoms with Crippen LogP contribution in [0.25, 0.3) is 22.4 Å². The summed E-state index contributed by atoms with van der Waals surface area (Å²) in [6.07, 6.45) is 3.34. The van der Waals surface area contributed by atoms with Crippen LogP contribution in [-0.2, 0) is 16.0 Å². The molecule has 0 fully saturated rings. The van der Waals surface area contributed by atoms with E-state index in [1.165, 1.54) is 0 Å². The molecule has 0 saturated carbocycles. The number of benzene rings is 3. The SMILES string of the molecule is NCCCOc1ccc(CC(NC(=O)CCCCCOc2cc(-c3ccccc3)cc(-c3ccccc3)n2)C(=O)O)cc1. The number of nitrogens with one attached hydrogen (secondary N) is 1. The quantitative estimate of drug-likeness (QED) is 0.133. The normalized spacial score (nSPS) is 11.5. The Bertz CT molecular complexity index is 1370. The van der Waals surface area contributed by atoms with E-state index in [0.29, 0.717) is 37.8 Å². The van der Waals surface area contributed by atoms with Gasteiger partial charge >= 0.3 is 5.97 Å². The van der Waals surface area contributed by atoms with Crippen LogP contribution in [0.3, 0.4) is 0 Å². The Labute approximate surface area is 252 Å². The van der Waals surface area contributed by atoms with Crippen LogP contribution in [0.2, 0.25) is 0 Å². The van der Waals surface area contributed by atoms with Crippen LogP contribution < -0.4 is 20.5 Å². The second-order valence-electron chi connectivity index (χ2n) is 10.3. The van der Waals surface area contributed by atoms with Crippen molar-refractivity contribution in [1.29, 1.82) is 0 Å². The van der Waals surface area contributed by atoms with Gasteiger partial charge < -0.3 is 25.6 Å². The standard InChI is InChI=1S/C35H39N3O5/c36-20-10-22-42-30-18-16-26(17-19-30)23-32(35(40)41)37-33(39)15-8-3-9-21-43-34-25-29(27-11-4-1-5-12-27)24-31(38-34)28-13-6-2-7-14-28/h1-2,4-7,11-14,16-19,24-25,32H,3,8-10,15,20-23,36H2,(H,37,39)(H,40,41). The molecule has 1 aromatic heterocycles. The van der Waals surface area contributed by atoms with Gasteiger partial charge in [0, 0.05) is 24.5 Å². The van der Waals surface area contributed by atoms with Gasteiger partial charge in [0.1, 0.15) is 11.8 Å². The van der Waals surface area contributed by atoms with Gasteiger partial charge in [0.15, 0.2) is 0 Å². The van der Waals surface area contributed by atoms with Crippen LogP contribution in [0.1, 0.15) is 37.7 Å². The van der Waals surface area contributed by atoms with Crippen molar-refractivity contribution < 1.29 is 24.2 Å². The highest BCUT2D eigenvalue weighted by atomic mass is 16.5. The average molecular weight is 582 g/mol. The first-order chi connectivity index (χ1) is 21.0. The van der Waals surface area contributed by atoms with Crippen molar-refractivity contribution in [1.82, 2.24) is 10.3 Å². The zero-order valence-corrected chi connectivity index (χ0v) is 24.3. The summed E-state index contributed by atoms with van der Waals surface area (Å²) in [4.78, 5) is 29.0. The fourth-order valence-electron chi connectivity index (χ4n) is 4.57. The third-order valence-corrected chi connectivity index (χ3v) is 6.89. The minimum Gasteiger partial charge on any atom is -0.494 e. The molecular formula is C35H39N3O5. The van der Waals surface area contributed by atoms with Gasteiger partial charge in [-0.1, -0.05) is 72.8 Å². The van der Waals surface area contributed by atoms with Crippen LogP contribution in [0.15, 0.2) is 97.1 Å². The first-order valence-corrected chi connectivity index (χ1v) is 14.7. The van der Waals surface area contributed by atoms with Crippen LogP contribution in [0.4, 0.5) is 0 Å². The van der Waals surface area contributed by atoms with Gasteiger partial charge in [-0.3, -0.25) is 4.79 Å². The summed E-state index contributed by atoms with van der Waals surface area (Å²) in [7, 11) is 0. The van der Waals surface area contributed by atoms with E-state index < -0.39 is 12.0 Å². The van der Waals surface area contributed by atoms with Gasteiger partial charge in [0.2, 0.25) is 11.8 Å². The van der Waals surface area contributed by atoms with Gasteiger partial charge in [0.25, 0.3) is 0 Å². The summed E-state index contributed by atoms with van der Waals surface area (Å²) < 4.78 is 11.6. The number of aromatic nitrogens is 1. The Kier molecular flexibility index (Phi) is 12.1. The molecule has 224 valence electrons. The molecule has 0 aliphatic carbocycles. The van der Waals surface area contributed by atoms with Gasteiger partial charge in [-0.2, -0.15) is 0 Å². The van der Waals surface area contributed by atoms with Crippen LogP contribution >= 0.6 is 0 Å². The average Bonchev–Trinajstić information content (AvgIpc) is 3.04. The second-order valence-corrected chi connectivity index (χ2v) is 10.3. The maximum absolute atomic E-state index is 12.5. The van der Waals surface area contributed by atoms with Crippen molar-refractivity contribution >= 4 is 11.9 Å². The summed E-state index contributed by atoms with van der Waals surface area (Å²) in [6, 6.07) is 30.4. The minimum atomic E-state index is -1.06. The van der Waals surface area contributed by atoms with E-state index in [0.717, 1.165) is 47.2 Å². The number of carboxylic acids is 1. The van der Waals surface area contributed by atoms with Crippen molar-refractivity contribution in [2.45, 2.75) is 44.6 Å². The zero-order valence-electron chi connectivity index (χ0n) is 24.3. The number of pyridine rings is 1. The number of hydrogen-bond acceptors (Lipinski definition) is 6. The van der Waals surface area contributed by atoms with Gasteiger partial charge in [-0.05, 0) is 67.1 Å². The Morgan fingerprint density at radius 3 is 2.12 bits per heavy atom. The molecular weight excluding hydrogens is 542 g/mol. The number of carbonyl (C=O) groups is 2. The highest BCUT2D eigenvalue weighted by Gasteiger charge is 2.20. The van der Waals surface area contributed by atoms with E-state index in [1.807, 2.05) is 66.7 Å². The molecule has 1 unspecified atom stereocenters. The highest BCUT2D eigenvalue weighted by molar-refractivity contribution is 5.83. The maximum Gasteiger partial charge on any atom is 0.326 e. The summed E-state index contributed by atoms with van der Waals surface area (Å²) in [5.41, 5.74) is 10.2. The maximum atomic E-state index is 12.5. The van der Waals surface area contributed by atoms with E-state index >= 15 is 0 Å². The predicted octanol–water partition coefficient (Wildman–Crippen LogP) is 5.89. The number of nitrogens with two attached hydrogens (primary N) is 1. The lowest BCUT2D eigenvalue weighted by Crippen LogP contribution is -2.42. The Hall–Kier alpha value is -4.69. The van der Waals surface area contributed by atoms with Crippen LogP contribution in [0.5, 0.6) is 11.6 Å². The molecule has 0 saturated heterocycles. The van der Waals surface area contributed by atoms with E-state index in [-0.39, 0.29) is 18.7 Å². The molecule has 43 heavy (non-hydrogen) atoms. The molecule has 0 bridgehead atoms. The number of hydrogen-bond donors (Lipinski definition) is 3. The number of carbonyl (C=O) groups excluding carboxylic acids is 1. The fraction of sp³-hybridized carbons (Fsp3) is 0.286. The first-order valence-electron chi connectivity index (χ1n) is 14.7. The van der Waals surface area contributed by atoms with Crippen molar-refractivity contribution in [3.8, 4) is 34.0 Å². The number of nitrogens with zero attached hydrogens (tertiary/aromatic N) is 1. The van der Waals surface area contributed by atoms with Crippen molar-refractivity contribution in [3.05, 3.63) is 103 Å². The predicted molar refractivity (Wildman–Crippen MR) is 168 cm³/mol. The summed E-state index contributed by atoms with van der Waals surface area (Å²) in [5, 5.41) is 12.3. The molecule has 4 aromatic rings. The number of ether oxygens (including phenoxy) is 2. The number of carboxylic acid groups (broad SMARTS) is 1. The van der Waals surface area contributed by atoms with E-state index in [1.54, 1.807) is 12.1 Å². The molecule has 8 nitrogen and oxygen atoms in total. The summed E-state index contributed by atoms with van der Waals surface area (Å²) >= 11 is 0. The van der Waals surface area contributed by atoms with Crippen LogP contribution in [0, 0.1) is 0 Å². The third kappa shape index (κ3) is 10.3. The first kappa shape index (κ1) is 31.3.